The Kier molecular flexibility index (Phi) is 8.27. The zero-order valence-electron chi connectivity index (χ0n) is 16.8. The number of carbonyl (C=O) groups excluding carboxylic acids is 1. The lowest BCUT2D eigenvalue weighted by atomic mass is 9.90. The third-order valence-electron chi connectivity index (χ3n) is 7.02. The number of hydrogen-bond donors (Lipinski definition) is 1. The number of piperidine rings is 2. The Morgan fingerprint density at radius 3 is 2.26 bits per heavy atom. The van der Waals surface area contributed by atoms with Gasteiger partial charge in [0.05, 0.1) is 12.2 Å². The quantitative estimate of drug-likeness (QED) is 0.760. The Labute approximate surface area is 176 Å². The summed E-state index contributed by atoms with van der Waals surface area (Å²) in [6.45, 7) is 11.8. The fraction of sp³-hybridized carbons (Fsp3) is 0.950. The molecular weight excluding hydrogens is 385 g/mol. The molecule has 3 atom stereocenters. The molecule has 3 saturated heterocycles. The summed E-state index contributed by atoms with van der Waals surface area (Å²) in [5.41, 5.74) is 0.374. The highest BCUT2D eigenvalue weighted by molar-refractivity contribution is 5.85. The van der Waals surface area contributed by atoms with E-state index in [2.05, 4.69) is 29.0 Å². The van der Waals surface area contributed by atoms with Crippen LogP contribution in [0.4, 0.5) is 0 Å². The molecule has 0 bridgehead atoms. The van der Waals surface area contributed by atoms with E-state index in [9.17, 15) is 4.79 Å². The first kappa shape index (κ1) is 23.2. The van der Waals surface area contributed by atoms with Crippen LogP contribution in [0.3, 0.4) is 0 Å². The molecule has 1 amide bonds. The van der Waals surface area contributed by atoms with Crippen LogP contribution in [0.15, 0.2) is 0 Å². The van der Waals surface area contributed by atoms with Crippen molar-refractivity contribution in [3.8, 4) is 0 Å². The first-order chi connectivity index (χ1) is 12.1. The van der Waals surface area contributed by atoms with E-state index in [1.165, 1.54) is 32.2 Å². The van der Waals surface area contributed by atoms with Gasteiger partial charge in [0.25, 0.3) is 0 Å². The number of likely N-dealkylation sites (tertiary alicyclic amines) is 1. The fourth-order valence-corrected chi connectivity index (χ4v) is 5.53. The maximum atomic E-state index is 12.9. The number of halogens is 2. The maximum absolute atomic E-state index is 12.9. The molecule has 5 nitrogen and oxygen atoms in total. The summed E-state index contributed by atoms with van der Waals surface area (Å²) < 4.78 is 5.84. The number of carbonyl (C=O) groups is 1. The van der Waals surface area contributed by atoms with Gasteiger partial charge in [-0.05, 0) is 70.4 Å². The smallest absolute Gasteiger partial charge is 0.226 e. The average molecular weight is 422 g/mol. The van der Waals surface area contributed by atoms with Crippen LogP contribution in [0.2, 0.25) is 0 Å². The molecule has 1 spiro atoms. The van der Waals surface area contributed by atoms with Crippen molar-refractivity contribution in [1.82, 2.24) is 15.1 Å². The lowest BCUT2D eigenvalue weighted by molar-refractivity contribution is -0.135. The second-order valence-corrected chi connectivity index (χ2v) is 9.11. The first-order valence-electron chi connectivity index (χ1n) is 10.4. The Morgan fingerprint density at radius 2 is 1.67 bits per heavy atom. The minimum absolute atomic E-state index is 0. The second kappa shape index (κ2) is 9.62. The van der Waals surface area contributed by atoms with Crippen molar-refractivity contribution >= 4 is 30.7 Å². The van der Waals surface area contributed by atoms with Gasteiger partial charge >= 0.3 is 0 Å². The highest BCUT2D eigenvalue weighted by atomic mass is 35.5. The van der Waals surface area contributed by atoms with Crippen LogP contribution in [-0.4, -0.2) is 73.7 Å². The highest BCUT2D eigenvalue weighted by Crippen LogP contribution is 2.59. The third-order valence-corrected chi connectivity index (χ3v) is 7.02. The third kappa shape index (κ3) is 5.30. The first-order valence-corrected chi connectivity index (χ1v) is 10.4. The molecule has 158 valence electrons. The average Bonchev–Trinajstić information content (AvgIpc) is 3.27. The van der Waals surface area contributed by atoms with Crippen molar-refractivity contribution < 1.29 is 9.53 Å². The Bertz CT molecular complexity index is 484. The van der Waals surface area contributed by atoms with Crippen molar-refractivity contribution in [3.05, 3.63) is 0 Å². The van der Waals surface area contributed by atoms with Crippen LogP contribution in [-0.2, 0) is 9.53 Å². The van der Waals surface area contributed by atoms with Crippen LogP contribution in [0.25, 0.3) is 0 Å². The van der Waals surface area contributed by atoms with E-state index in [-0.39, 0.29) is 24.8 Å². The minimum atomic E-state index is 0. The molecule has 4 rings (SSSR count). The van der Waals surface area contributed by atoms with E-state index in [0.717, 1.165) is 51.6 Å². The number of hydrogen-bond acceptors (Lipinski definition) is 4. The standard InChI is InChI=1S/C20H35N3O2.2ClH/c1-15-12-22(13-16(2)25-15)14-17-3-9-23(10-4-17)19(24)18-11-20(18)5-7-21-8-6-20;;/h15-18,21H,3-14H2,1-2H3;2*1H. The van der Waals surface area contributed by atoms with E-state index in [1.54, 1.807) is 0 Å². The van der Waals surface area contributed by atoms with Crippen molar-refractivity contribution in [3.63, 3.8) is 0 Å². The van der Waals surface area contributed by atoms with Gasteiger partial charge in [0, 0.05) is 38.6 Å². The summed E-state index contributed by atoms with van der Waals surface area (Å²) in [4.78, 5) is 17.7. The predicted molar refractivity (Wildman–Crippen MR) is 113 cm³/mol. The number of ether oxygens (including phenoxy) is 1. The summed E-state index contributed by atoms with van der Waals surface area (Å²) in [6.07, 6.45) is 6.60. The number of amides is 1. The van der Waals surface area contributed by atoms with Gasteiger partial charge < -0.3 is 15.0 Å². The topological polar surface area (TPSA) is 44.8 Å². The molecule has 1 aliphatic carbocycles. The monoisotopic (exact) mass is 421 g/mol. The van der Waals surface area contributed by atoms with E-state index >= 15 is 0 Å². The summed E-state index contributed by atoms with van der Waals surface area (Å²) in [7, 11) is 0. The number of rotatable bonds is 3. The summed E-state index contributed by atoms with van der Waals surface area (Å²) >= 11 is 0. The molecule has 0 aromatic heterocycles. The van der Waals surface area contributed by atoms with Gasteiger partial charge in [-0.2, -0.15) is 0 Å². The molecule has 3 aliphatic heterocycles. The molecule has 3 heterocycles. The van der Waals surface area contributed by atoms with Crippen molar-refractivity contribution in [2.75, 3.05) is 45.8 Å². The Hall–Kier alpha value is -0.0700. The Balaban J connectivity index is 0.00000131. The van der Waals surface area contributed by atoms with Gasteiger partial charge in [-0.1, -0.05) is 0 Å². The molecule has 0 radical (unpaired) electrons. The molecule has 3 unspecified atom stereocenters. The lowest BCUT2D eigenvalue weighted by Crippen LogP contribution is -2.49. The van der Waals surface area contributed by atoms with Crippen molar-refractivity contribution in [2.45, 2.75) is 58.2 Å². The molecule has 1 N–H and O–H groups in total. The van der Waals surface area contributed by atoms with Crippen LogP contribution < -0.4 is 5.32 Å². The molecule has 1 saturated carbocycles. The second-order valence-electron chi connectivity index (χ2n) is 9.11. The zero-order valence-corrected chi connectivity index (χ0v) is 18.5. The fourth-order valence-electron chi connectivity index (χ4n) is 5.53. The van der Waals surface area contributed by atoms with E-state index in [4.69, 9.17) is 4.74 Å². The molecule has 0 aromatic rings. The normalized spacial score (nSPS) is 33.9. The summed E-state index contributed by atoms with van der Waals surface area (Å²) in [6, 6.07) is 0. The molecule has 7 heteroatoms. The molecule has 4 aliphatic rings. The van der Waals surface area contributed by atoms with E-state index < -0.39 is 0 Å². The van der Waals surface area contributed by atoms with Crippen molar-refractivity contribution in [1.29, 1.82) is 0 Å². The van der Waals surface area contributed by atoms with Gasteiger partial charge in [-0.3, -0.25) is 9.69 Å². The van der Waals surface area contributed by atoms with Crippen LogP contribution in [0.1, 0.15) is 46.0 Å². The highest BCUT2D eigenvalue weighted by Gasteiger charge is 2.58. The van der Waals surface area contributed by atoms with Gasteiger partial charge in [-0.15, -0.1) is 24.8 Å². The van der Waals surface area contributed by atoms with Gasteiger partial charge in [0.2, 0.25) is 5.91 Å². The Morgan fingerprint density at radius 1 is 1.07 bits per heavy atom. The maximum Gasteiger partial charge on any atom is 0.226 e. The van der Waals surface area contributed by atoms with Gasteiger partial charge in [0.1, 0.15) is 0 Å². The zero-order chi connectivity index (χ0) is 17.4. The van der Waals surface area contributed by atoms with Gasteiger partial charge in [0.15, 0.2) is 0 Å². The van der Waals surface area contributed by atoms with Crippen LogP contribution in [0.5, 0.6) is 0 Å². The molecule has 27 heavy (non-hydrogen) atoms. The lowest BCUT2D eigenvalue weighted by Gasteiger charge is -2.39. The number of nitrogens with one attached hydrogen (secondary N) is 1. The van der Waals surface area contributed by atoms with Crippen LogP contribution >= 0.6 is 24.8 Å². The molecule has 4 fully saturated rings. The van der Waals surface area contributed by atoms with Crippen molar-refractivity contribution in [2.24, 2.45) is 17.3 Å². The summed E-state index contributed by atoms with van der Waals surface area (Å²) in [5.74, 6) is 1.55. The predicted octanol–water partition coefficient (Wildman–Crippen LogP) is 2.57. The largest absolute Gasteiger partial charge is 0.373 e. The number of nitrogens with zero attached hydrogens (tertiary/aromatic N) is 2. The van der Waals surface area contributed by atoms with Gasteiger partial charge in [-0.25, -0.2) is 0 Å². The van der Waals surface area contributed by atoms with E-state index in [0.29, 0.717) is 29.4 Å². The molecule has 0 aromatic carbocycles. The van der Waals surface area contributed by atoms with E-state index in [1.807, 2.05) is 0 Å². The molecular formula is C20H37Cl2N3O2. The van der Waals surface area contributed by atoms with Crippen LogP contribution in [0, 0.1) is 17.3 Å². The number of morpholine rings is 1. The summed E-state index contributed by atoms with van der Waals surface area (Å²) in [5, 5.41) is 3.43. The minimum Gasteiger partial charge on any atom is -0.373 e. The SMILES string of the molecule is CC1CN(CC2CCN(C(=O)C3CC34CCNCC4)CC2)CC(C)O1.Cl.Cl.